The Labute approximate surface area is 180 Å². The number of hydrogen-bond acceptors (Lipinski definition) is 6. The Hall–Kier alpha value is -2.70. The van der Waals surface area contributed by atoms with Gasteiger partial charge in [0.05, 0.1) is 13.1 Å². The molecule has 0 amide bonds. The largest absolute Gasteiger partial charge is 0.507 e. The summed E-state index contributed by atoms with van der Waals surface area (Å²) in [5.41, 5.74) is 1.50. The molecule has 0 fully saturated rings. The van der Waals surface area contributed by atoms with Gasteiger partial charge in [-0.25, -0.2) is 0 Å². The van der Waals surface area contributed by atoms with Crippen LogP contribution in [0.1, 0.15) is 25.0 Å². The zero-order chi connectivity index (χ0) is 21.6. The van der Waals surface area contributed by atoms with Crippen molar-refractivity contribution in [1.82, 2.24) is 9.80 Å². The third-order valence-electron chi connectivity index (χ3n) is 5.05. The van der Waals surface area contributed by atoms with Crippen molar-refractivity contribution in [2.24, 2.45) is 9.98 Å². The van der Waals surface area contributed by atoms with Gasteiger partial charge >= 0.3 is 0 Å². The van der Waals surface area contributed by atoms with Crippen molar-refractivity contribution in [2.45, 2.75) is 13.8 Å². The maximum Gasteiger partial charge on any atom is 0.124 e. The van der Waals surface area contributed by atoms with Gasteiger partial charge in [-0.2, -0.15) is 0 Å². The molecule has 0 unspecified atom stereocenters. The Morgan fingerprint density at radius 3 is 1.43 bits per heavy atom. The second-order valence-corrected chi connectivity index (χ2v) is 7.06. The highest BCUT2D eigenvalue weighted by Gasteiger charge is 2.06. The maximum atomic E-state index is 9.78. The Morgan fingerprint density at radius 1 is 0.667 bits per heavy atom. The number of hydrogen-bond donors (Lipinski definition) is 2. The molecule has 2 rings (SSSR count). The van der Waals surface area contributed by atoms with Crippen LogP contribution in [0, 0.1) is 0 Å². The molecule has 6 nitrogen and oxygen atoms in total. The lowest BCUT2D eigenvalue weighted by atomic mass is 10.2. The van der Waals surface area contributed by atoms with Gasteiger partial charge in [0, 0.05) is 49.7 Å². The highest BCUT2D eigenvalue weighted by atomic mass is 16.3. The summed E-state index contributed by atoms with van der Waals surface area (Å²) < 4.78 is 0. The van der Waals surface area contributed by atoms with E-state index in [0.29, 0.717) is 13.1 Å². The van der Waals surface area contributed by atoms with Gasteiger partial charge in [-0.1, -0.05) is 38.1 Å². The first-order valence-electron chi connectivity index (χ1n) is 10.6. The van der Waals surface area contributed by atoms with Crippen LogP contribution in [0.3, 0.4) is 0 Å². The molecule has 0 saturated carbocycles. The second-order valence-electron chi connectivity index (χ2n) is 7.06. The average molecular weight is 411 g/mol. The third-order valence-corrected chi connectivity index (χ3v) is 5.05. The topological polar surface area (TPSA) is 71.7 Å². The molecule has 2 aromatic rings. The molecule has 0 saturated heterocycles. The van der Waals surface area contributed by atoms with Gasteiger partial charge in [-0.3, -0.25) is 9.98 Å². The van der Waals surface area contributed by atoms with Crippen LogP contribution in [0.25, 0.3) is 0 Å². The van der Waals surface area contributed by atoms with E-state index >= 15 is 0 Å². The number of rotatable bonds is 13. The minimum Gasteiger partial charge on any atom is -0.507 e. The number of phenols is 2. The van der Waals surface area contributed by atoms with E-state index in [9.17, 15) is 10.2 Å². The minimum absolute atomic E-state index is 0.261. The van der Waals surface area contributed by atoms with Crippen LogP contribution in [0.4, 0.5) is 0 Å². The Bertz CT molecular complexity index is 740. The molecule has 0 heterocycles. The molecular formula is C24H34N4O2. The third kappa shape index (κ3) is 8.35. The van der Waals surface area contributed by atoms with Crippen molar-refractivity contribution in [3.63, 3.8) is 0 Å². The summed E-state index contributed by atoms with van der Waals surface area (Å²) in [6, 6.07) is 14.5. The standard InChI is InChI=1S/C24H34N4O2/c1-3-27(15-13-25-19-21-9-5-7-11-23(21)29)17-18-28(4-2)16-14-26-20-22-10-6-8-12-24(22)30/h5-12,19-20,29-30H,3-4,13-18H2,1-2H3/b25-19-,26-20-. The van der Waals surface area contributed by atoms with Gasteiger partial charge in [0.2, 0.25) is 0 Å². The minimum atomic E-state index is 0.261. The molecule has 30 heavy (non-hydrogen) atoms. The molecule has 0 atom stereocenters. The lowest BCUT2D eigenvalue weighted by molar-refractivity contribution is 0.221. The molecule has 0 aliphatic rings. The smallest absolute Gasteiger partial charge is 0.124 e. The van der Waals surface area contributed by atoms with E-state index in [1.165, 1.54) is 0 Å². The molecular weight excluding hydrogens is 376 g/mol. The first kappa shape index (κ1) is 23.6. The fourth-order valence-electron chi connectivity index (χ4n) is 3.06. The van der Waals surface area contributed by atoms with E-state index in [1.807, 2.05) is 36.4 Å². The van der Waals surface area contributed by atoms with E-state index in [0.717, 1.165) is 50.4 Å². The number of aliphatic imine (C=N–C) groups is 2. The van der Waals surface area contributed by atoms with Crippen LogP contribution in [-0.4, -0.2) is 84.8 Å². The van der Waals surface area contributed by atoms with Crippen LogP contribution >= 0.6 is 0 Å². The van der Waals surface area contributed by atoms with Crippen molar-refractivity contribution in [3.8, 4) is 11.5 Å². The Kier molecular flexibility index (Phi) is 10.6. The summed E-state index contributed by atoms with van der Waals surface area (Å²) in [4.78, 5) is 13.7. The van der Waals surface area contributed by atoms with Crippen molar-refractivity contribution in [2.75, 3.05) is 52.4 Å². The summed E-state index contributed by atoms with van der Waals surface area (Å²) >= 11 is 0. The Morgan fingerprint density at radius 2 is 1.07 bits per heavy atom. The zero-order valence-corrected chi connectivity index (χ0v) is 18.1. The molecule has 2 N–H and O–H groups in total. The number of phenolic OH excluding ortho intramolecular Hbond substituents is 2. The first-order valence-corrected chi connectivity index (χ1v) is 10.6. The van der Waals surface area contributed by atoms with Crippen LogP contribution < -0.4 is 0 Å². The van der Waals surface area contributed by atoms with Crippen molar-refractivity contribution >= 4 is 12.4 Å². The van der Waals surface area contributed by atoms with Gasteiger partial charge < -0.3 is 20.0 Å². The first-order chi connectivity index (χ1) is 14.6. The lowest BCUT2D eigenvalue weighted by Gasteiger charge is -2.25. The molecule has 6 heteroatoms. The summed E-state index contributed by atoms with van der Waals surface area (Å²) in [5.74, 6) is 0.523. The quantitative estimate of drug-likeness (QED) is 0.497. The average Bonchev–Trinajstić information content (AvgIpc) is 2.76. The lowest BCUT2D eigenvalue weighted by Crippen LogP contribution is -2.37. The van der Waals surface area contributed by atoms with Gasteiger partial charge in [-0.05, 0) is 37.4 Å². The number of aromatic hydroxyl groups is 2. The van der Waals surface area contributed by atoms with E-state index in [1.54, 1.807) is 24.6 Å². The molecule has 0 spiro atoms. The number of likely N-dealkylation sites (N-methyl/N-ethyl adjacent to an activating group) is 2. The van der Waals surface area contributed by atoms with Crippen molar-refractivity contribution in [1.29, 1.82) is 0 Å². The van der Waals surface area contributed by atoms with Crippen molar-refractivity contribution < 1.29 is 10.2 Å². The monoisotopic (exact) mass is 410 g/mol. The Balaban J connectivity index is 1.70. The summed E-state index contributed by atoms with van der Waals surface area (Å²) in [7, 11) is 0. The molecule has 0 bridgehead atoms. The fraction of sp³-hybridized carbons (Fsp3) is 0.417. The van der Waals surface area contributed by atoms with Gasteiger partial charge in [0.15, 0.2) is 0 Å². The van der Waals surface area contributed by atoms with Crippen LogP contribution in [0.2, 0.25) is 0 Å². The molecule has 2 aromatic carbocycles. The molecule has 162 valence electrons. The highest BCUT2D eigenvalue weighted by Crippen LogP contribution is 2.13. The molecule has 0 aromatic heterocycles. The summed E-state index contributed by atoms with van der Waals surface area (Å²) in [6.07, 6.45) is 3.48. The van der Waals surface area contributed by atoms with Gasteiger partial charge in [0.1, 0.15) is 11.5 Å². The normalized spacial score (nSPS) is 12.0. The molecule has 0 aliphatic carbocycles. The van der Waals surface area contributed by atoms with E-state index in [4.69, 9.17) is 0 Å². The van der Waals surface area contributed by atoms with E-state index in [2.05, 4.69) is 33.6 Å². The van der Waals surface area contributed by atoms with Crippen molar-refractivity contribution in [3.05, 3.63) is 59.7 Å². The fourth-order valence-corrected chi connectivity index (χ4v) is 3.06. The van der Waals surface area contributed by atoms with Gasteiger partial charge in [0.25, 0.3) is 0 Å². The van der Waals surface area contributed by atoms with E-state index < -0.39 is 0 Å². The predicted molar refractivity (Wildman–Crippen MR) is 125 cm³/mol. The van der Waals surface area contributed by atoms with E-state index in [-0.39, 0.29) is 11.5 Å². The number of para-hydroxylation sites is 2. The molecule has 0 radical (unpaired) electrons. The second kappa shape index (κ2) is 13.5. The highest BCUT2D eigenvalue weighted by molar-refractivity contribution is 5.83. The molecule has 0 aliphatic heterocycles. The maximum absolute atomic E-state index is 9.78. The predicted octanol–water partition coefficient (Wildman–Crippen LogP) is 3.28. The summed E-state index contributed by atoms with van der Waals surface area (Å²) in [5, 5.41) is 19.6. The SMILES string of the molecule is CCN(CC/N=C\c1ccccc1O)CCN(CC)CC/N=C\c1ccccc1O. The van der Waals surface area contributed by atoms with Crippen LogP contribution in [0.15, 0.2) is 58.5 Å². The van der Waals surface area contributed by atoms with Gasteiger partial charge in [-0.15, -0.1) is 0 Å². The number of nitrogens with zero attached hydrogens (tertiary/aromatic N) is 4. The zero-order valence-electron chi connectivity index (χ0n) is 18.1. The van der Waals surface area contributed by atoms with Crippen LogP contribution in [-0.2, 0) is 0 Å². The summed E-state index contributed by atoms with van der Waals surface area (Å²) in [6.45, 7) is 11.5. The number of benzene rings is 2. The van der Waals surface area contributed by atoms with Crippen LogP contribution in [0.5, 0.6) is 11.5 Å².